The van der Waals surface area contributed by atoms with Gasteiger partial charge in [-0.1, -0.05) is 49.7 Å². The quantitative estimate of drug-likeness (QED) is 0.328. The molecule has 3 N–H and O–H groups in total. The standard InChI is InChI=1S/C20H23ClN4O4/c1-13(2)18(24-19(26)14-7-3-4-8-15(14)21)20(27)23-12-11-22-16-9-5-6-10-17(16)25(28)29/h3-10,13,18,22H,11-12H2,1-2H3,(H,23,27)(H,24,26)/t18-/m0/s1. The summed E-state index contributed by atoms with van der Waals surface area (Å²) in [6, 6.07) is 12.1. The minimum absolute atomic E-state index is 0.0362. The topological polar surface area (TPSA) is 113 Å². The Hall–Kier alpha value is -3.13. The number of carbonyl (C=O) groups excluding carboxylic acids is 2. The third-order valence-electron chi connectivity index (χ3n) is 4.19. The van der Waals surface area contributed by atoms with Crippen LogP contribution in [0.15, 0.2) is 48.5 Å². The second kappa shape index (κ2) is 10.4. The van der Waals surface area contributed by atoms with Crippen molar-refractivity contribution in [3.63, 3.8) is 0 Å². The van der Waals surface area contributed by atoms with Gasteiger partial charge in [0.1, 0.15) is 11.7 Å². The van der Waals surface area contributed by atoms with Crippen LogP contribution in [0, 0.1) is 16.0 Å². The van der Waals surface area contributed by atoms with E-state index in [0.717, 1.165) is 0 Å². The van der Waals surface area contributed by atoms with Crippen LogP contribution >= 0.6 is 11.6 Å². The lowest BCUT2D eigenvalue weighted by molar-refractivity contribution is -0.384. The maximum atomic E-state index is 12.5. The van der Waals surface area contributed by atoms with E-state index in [1.54, 1.807) is 42.5 Å². The average molecular weight is 419 g/mol. The minimum atomic E-state index is -0.746. The Balaban J connectivity index is 1.91. The molecule has 2 aromatic carbocycles. The van der Waals surface area contributed by atoms with Crippen LogP contribution in [-0.2, 0) is 4.79 Å². The van der Waals surface area contributed by atoms with Gasteiger partial charge >= 0.3 is 0 Å². The fourth-order valence-electron chi connectivity index (χ4n) is 2.67. The Morgan fingerprint density at radius 2 is 1.72 bits per heavy atom. The van der Waals surface area contributed by atoms with Crippen LogP contribution in [0.25, 0.3) is 0 Å². The van der Waals surface area contributed by atoms with E-state index in [-0.39, 0.29) is 24.1 Å². The number of nitrogens with zero attached hydrogens (tertiary/aromatic N) is 1. The highest BCUT2D eigenvalue weighted by Crippen LogP contribution is 2.22. The van der Waals surface area contributed by atoms with Crippen LogP contribution < -0.4 is 16.0 Å². The van der Waals surface area contributed by atoms with Gasteiger partial charge in [-0.05, 0) is 24.1 Å². The lowest BCUT2D eigenvalue weighted by Crippen LogP contribution is -2.50. The molecule has 2 aromatic rings. The summed E-state index contributed by atoms with van der Waals surface area (Å²) in [5.41, 5.74) is 0.635. The predicted molar refractivity (Wildman–Crippen MR) is 112 cm³/mol. The van der Waals surface area contributed by atoms with Gasteiger partial charge in [0.05, 0.1) is 15.5 Å². The molecule has 154 valence electrons. The molecule has 0 radical (unpaired) electrons. The smallest absolute Gasteiger partial charge is 0.292 e. The molecule has 0 spiro atoms. The SMILES string of the molecule is CC(C)[C@H](NC(=O)c1ccccc1Cl)C(=O)NCCNc1ccccc1[N+](=O)[O-]. The first kappa shape index (κ1) is 22.2. The molecule has 9 heteroatoms. The summed E-state index contributed by atoms with van der Waals surface area (Å²) >= 11 is 6.04. The minimum Gasteiger partial charge on any atom is -0.378 e. The van der Waals surface area contributed by atoms with E-state index in [2.05, 4.69) is 16.0 Å². The van der Waals surface area contributed by atoms with Gasteiger partial charge in [0, 0.05) is 19.2 Å². The second-order valence-corrected chi connectivity index (χ2v) is 7.07. The summed E-state index contributed by atoms with van der Waals surface area (Å²) in [7, 11) is 0. The Morgan fingerprint density at radius 3 is 2.38 bits per heavy atom. The van der Waals surface area contributed by atoms with E-state index in [9.17, 15) is 19.7 Å². The van der Waals surface area contributed by atoms with Gasteiger partial charge in [0.15, 0.2) is 0 Å². The fourth-order valence-corrected chi connectivity index (χ4v) is 2.90. The van der Waals surface area contributed by atoms with Gasteiger partial charge in [-0.2, -0.15) is 0 Å². The summed E-state index contributed by atoms with van der Waals surface area (Å²) in [5.74, 6) is -0.920. The van der Waals surface area contributed by atoms with Crippen molar-refractivity contribution in [1.82, 2.24) is 10.6 Å². The Kier molecular flexibility index (Phi) is 7.97. The molecule has 0 aliphatic heterocycles. The second-order valence-electron chi connectivity index (χ2n) is 6.67. The number of halogens is 1. The monoisotopic (exact) mass is 418 g/mol. The van der Waals surface area contributed by atoms with Crippen molar-refractivity contribution in [3.05, 3.63) is 69.2 Å². The summed E-state index contributed by atoms with van der Waals surface area (Å²) in [5, 5.41) is 19.7. The average Bonchev–Trinajstić information content (AvgIpc) is 2.69. The predicted octanol–water partition coefficient (Wildman–Crippen LogP) is 3.23. The number of nitro groups is 1. The molecule has 0 aromatic heterocycles. The lowest BCUT2D eigenvalue weighted by Gasteiger charge is -2.22. The highest BCUT2D eigenvalue weighted by Gasteiger charge is 2.25. The number of nitrogens with one attached hydrogen (secondary N) is 3. The number of nitro benzene ring substituents is 1. The molecule has 2 amide bonds. The van der Waals surface area contributed by atoms with Gasteiger partial charge in [0.2, 0.25) is 5.91 Å². The number of hydrogen-bond donors (Lipinski definition) is 3. The molecule has 0 bridgehead atoms. The van der Waals surface area contributed by atoms with Crippen molar-refractivity contribution >= 4 is 34.8 Å². The summed E-state index contributed by atoms with van der Waals surface area (Å²) < 4.78 is 0. The zero-order valence-electron chi connectivity index (χ0n) is 16.1. The van der Waals surface area contributed by atoms with E-state index in [1.165, 1.54) is 6.07 Å². The van der Waals surface area contributed by atoms with Gasteiger partial charge < -0.3 is 16.0 Å². The van der Waals surface area contributed by atoms with E-state index in [1.807, 2.05) is 13.8 Å². The van der Waals surface area contributed by atoms with E-state index in [4.69, 9.17) is 11.6 Å². The van der Waals surface area contributed by atoms with E-state index < -0.39 is 16.9 Å². The zero-order valence-corrected chi connectivity index (χ0v) is 16.9. The Bertz CT molecular complexity index is 888. The van der Waals surface area contributed by atoms with Gasteiger partial charge in [-0.25, -0.2) is 0 Å². The van der Waals surface area contributed by atoms with Gasteiger partial charge in [0.25, 0.3) is 11.6 Å². The van der Waals surface area contributed by atoms with Crippen molar-refractivity contribution in [2.45, 2.75) is 19.9 Å². The Labute approximate surface area is 173 Å². The molecule has 0 aliphatic carbocycles. The molecular formula is C20H23ClN4O4. The van der Waals surface area contributed by atoms with Crippen molar-refractivity contribution in [2.75, 3.05) is 18.4 Å². The van der Waals surface area contributed by atoms with Crippen molar-refractivity contribution in [1.29, 1.82) is 0 Å². The molecule has 8 nitrogen and oxygen atoms in total. The van der Waals surface area contributed by atoms with Crippen LogP contribution in [0.2, 0.25) is 5.02 Å². The first-order valence-corrected chi connectivity index (χ1v) is 9.49. The molecule has 0 fully saturated rings. The normalized spacial score (nSPS) is 11.6. The van der Waals surface area contributed by atoms with Crippen LogP contribution in [0.1, 0.15) is 24.2 Å². The lowest BCUT2D eigenvalue weighted by atomic mass is 10.0. The molecule has 1 atom stereocenters. The number of amides is 2. The molecule has 2 rings (SSSR count). The molecule has 0 unspecified atom stereocenters. The largest absolute Gasteiger partial charge is 0.378 e. The number of para-hydroxylation sites is 2. The highest BCUT2D eigenvalue weighted by atomic mass is 35.5. The fraction of sp³-hybridized carbons (Fsp3) is 0.300. The van der Waals surface area contributed by atoms with E-state index in [0.29, 0.717) is 22.8 Å². The molecule has 0 aliphatic rings. The first-order chi connectivity index (χ1) is 13.8. The number of benzene rings is 2. The molecule has 0 heterocycles. The van der Waals surface area contributed by atoms with Crippen molar-refractivity contribution in [3.8, 4) is 0 Å². The summed E-state index contributed by atoms with van der Waals surface area (Å²) in [6.45, 7) is 4.17. The number of rotatable bonds is 9. The van der Waals surface area contributed by atoms with Gasteiger partial charge in [-0.3, -0.25) is 19.7 Å². The number of hydrogen-bond acceptors (Lipinski definition) is 5. The molecule has 0 saturated carbocycles. The maximum Gasteiger partial charge on any atom is 0.292 e. The van der Waals surface area contributed by atoms with Gasteiger partial charge in [-0.15, -0.1) is 0 Å². The molecule has 0 saturated heterocycles. The highest BCUT2D eigenvalue weighted by molar-refractivity contribution is 6.33. The van der Waals surface area contributed by atoms with Crippen molar-refractivity contribution in [2.24, 2.45) is 5.92 Å². The van der Waals surface area contributed by atoms with Crippen LogP contribution in [0.4, 0.5) is 11.4 Å². The number of anilines is 1. The van der Waals surface area contributed by atoms with E-state index >= 15 is 0 Å². The zero-order chi connectivity index (χ0) is 21.4. The van der Waals surface area contributed by atoms with Crippen molar-refractivity contribution < 1.29 is 14.5 Å². The van der Waals surface area contributed by atoms with Crippen LogP contribution in [0.3, 0.4) is 0 Å². The third-order valence-corrected chi connectivity index (χ3v) is 4.52. The maximum absolute atomic E-state index is 12.5. The molecule has 29 heavy (non-hydrogen) atoms. The third kappa shape index (κ3) is 6.18. The molecular weight excluding hydrogens is 396 g/mol. The number of carbonyl (C=O) groups is 2. The summed E-state index contributed by atoms with van der Waals surface area (Å²) in [4.78, 5) is 35.5. The Morgan fingerprint density at radius 1 is 1.07 bits per heavy atom. The summed E-state index contributed by atoms with van der Waals surface area (Å²) in [6.07, 6.45) is 0. The van der Waals surface area contributed by atoms with Crippen LogP contribution in [-0.4, -0.2) is 35.9 Å². The first-order valence-electron chi connectivity index (χ1n) is 9.11. The van der Waals surface area contributed by atoms with Crippen LogP contribution in [0.5, 0.6) is 0 Å².